The number of aliphatic hydroxyl groups excluding tert-OH is 1. The SMILES string of the molecule is CCCCC(CC)C1OC(=O)C(C(c2ccccc2)C2CC2)=C1O. The third-order valence-electron chi connectivity index (χ3n) is 5.44. The number of rotatable bonds is 8. The molecule has 3 rings (SSSR count). The summed E-state index contributed by atoms with van der Waals surface area (Å²) in [6.07, 6.45) is 5.89. The standard InChI is InChI=1S/C21H28O3/c1-3-5-9-14(4-2)20-19(22)18(21(23)24-20)17(16-12-13-16)15-10-7-6-8-11-15/h6-8,10-11,14,16-17,20,22H,3-5,9,12-13H2,1-2H3. The van der Waals surface area contributed by atoms with E-state index in [1.54, 1.807) is 0 Å². The lowest BCUT2D eigenvalue weighted by molar-refractivity contribution is -0.142. The average Bonchev–Trinajstić information content (AvgIpc) is 3.39. The van der Waals surface area contributed by atoms with E-state index in [1.165, 1.54) is 0 Å². The van der Waals surface area contributed by atoms with E-state index >= 15 is 0 Å². The van der Waals surface area contributed by atoms with Gasteiger partial charge in [0.25, 0.3) is 0 Å². The van der Waals surface area contributed by atoms with Crippen LogP contribution in [0, 0.1) is 11.8 Å². The smallest absolute Gasteiger partial charge is 0.338 e. The predicted octanol–water partition coefficient (Wildman–Crippen LogP) is 5.13. The van der Waals surface area contributed by atoms with Crippen molar-refractivity contribution >= 4 is 5.97 Å². The maximum atomic E-state index is 12.6. The molecule has 1 aromatic rings. The van der Waals surface area contributed by atoms with Gasteiger partial charge in [0.2, 0.25) is 0 Å². The molecule has 0 aromatic heterocycles. The molecule has 3 atom stereocenters. The highest BCUT2D eigenvalue weighted by molar-refractivity contribution is 5.93. The van der Waals surface area contributed by atoms with Crippen molar-refractivity contribution in [2.45, 2.75) is 64.4 Å². The molecule has 3 nitrogen and oxygen atoms in total. The summed E-state index contributed by atoms with van der Waals surface area (Å²) in [5, 5.41) is 10.9. The Bertz CT molecular complexity index is 601. The summed E-state index contributed by atoms with van der Waals surface area (Å²) in [7, 11) is 0. The van der Waals surface area contributed by atoms with Gasteiger partial charge >= 0.3 is 5.97 Å². The first kappa shape index (κ1) is 17.1. The first-order valence-electron chi connectivity index (χ1n) is 9.36. The van der Waals surface area contributed by atoms with Crippen LogP contribution < -0.4 is 0 Å². The maximum absolute atomic E-state index is 12.6. The molecule has 0 radical (unpaired) electrons. The van der Waals surface area contributed by atoms with Gasteiger partial charge in [0.05, 0.1) is 5.57 Å². The number of esters is 1. The third kappa shape index (κ3) is 3.35. The summed E-state index contributed by atoms with van der Waals surface area (Å²) in [4.78, 5) is 12.6. The fraction of sp³-hybridized carbons (Fsp3) is 0.571. The lowest BCUT2D eigenvalue weighted by Gasteiger charge is -2.21. The number of ether oxygens (including phenoxy) is 1. The van der Waals surface area contributed by atoms with Crippen LogP contribution in [0.15, 0.2) is 41.7 Å². The molecule has 0 bridgehead atoms. The fourth-order valence-corrected chi connectivity index (χ4v) is 3.90. The summed E-state index contributed by atoms with van der Waals surface area (Å²) in [6.45, 7) is 4.27. The minimum atomic E-state index is -0.450. The van der Waals surface area contributed by atoms with Crippen molar-refractivity contribution in [1.82, 2.24) is 0 Å². The molecule has 1 N–H and O–H groups in total. The highest BCUT2D eigenvalue weighted by Gasteiger charge is 2.46. The number of aliphatic hydroxyl groups is 1. The minimum absolute atomic E-state index is 0.0209. The van der Waals surface area contributed by atoms with Crippen molar-refractivity contribution < 1.29 is 14.6 Å². The van der Waals surface area contributed by atoms with Gasteiger partial charge in [0.1, 0.15) is 5.76 Å². The van der Waals surface area contributed by atoms with Crippen molar-refractivity contribution in [2.24, 2.45) is 11.8 Å². The van der Waals surface area contributed by atoms with E-state index in [9.17, 15) is 9.90 Å². The third-order valence-corrected chi connectivity index (χ3v) is 5.44. The van der Waals surface area contributed by atoms with E-state index in [0.29, 0.717) is 11.5 Å². The average molecular weight is 328 g/mol. The molecular formula is C21H28O3. The van der Waals surface area contributed by atoms with Crippen molar-refractivity contribution in [1.29, 1.82) is 0 Å². The largest absolute Gasteiger partial charge is 0.508 e. The quantitative estimate of drug-likeness (QED) is 0.673. The Hall–Kier alpha value is -1.77. The second kappa shape index (κ2) is 7.42. The number of cyclic esters (lactones) is 1. The van der Waals surface area contributed by atoms with Crippen LogP contribution in [-0.4, -0.2) is 17.2 Å². The van der Waals surface area contributed by atoms with E-state index in [-0.39, 0.29) is 23.6 Å². The maximum Gasteiger partial charge on any atom is 0.338 e. The van der Waals surface area contributed by atoms with Gasteiger partial charge < -0.3 is 9.84 Å². The molecule has 2 aliphatic rings. The Balaban J connectivity index is 1.90. The Labute approximate surface area is 144 Å². The number of hydrogen-bond acceptors (Lipinski definition) is 3. The first-order valence-corrected chi connectivity index (χ1v) is 9.36. The van der Waals surface area contributed by atoms with Gasteiger partial charge in [-0.05, 0) is 37.2 Å². The van der Waals surface area contributed by atoms with Crippen LogP contribution in [0.25, 0.3) is 0 Å². The number of hydrogen-bond donors (Lipinski definition) is 1. The van der Waals surface area contributed by atoms with Crippen LogP contribution in [0.2, 0.25) is 0 Å². The molecule has 0 spiro atoms. The molecular weight excluding hydrogens is 300 g/mol. The van der Waals surface area contributed by atoms with Crippen LogP contribution >= 0.6 is 0 Å². The second-order valence-corrected chi connectivity index (χ2v) is 7.16. The topological polar surface area (TPSA) is 46.5 Å². The van der Waals surface area contributed by atoms with Gasteiger partial charge in [-0.15, -0.1) is 0 Å². The van der Waals surface area contributed by atoms with Gasteiger partial charge in [-0.2, -0.15) is 0 Å². The minimum Gasteiger partial charge on any atom is -0.508 e. The molecule has 1 fully saturated rings. The monoisotopic (exact) mass is 328 g/mol. The highest BCUT2D eigenvalue weighted by Crippen LogP contribution is 2.49. The zero-order chi connectivity index (χ0) is 17.1. The van der Waals surface area contributed by atoms with Crippen LogP contribution in [-0.2, 0) is 9.53 Å². The molecule has 1 heterocycles. The molecule has 0 saturated heterocycles. The van der Waals surface area contributed by atoms with E-state index in [0.717, 1.165) is 44.1 Å². The summed E-state index contributed by atoms with van der Waals surface area (Å²) < 4.78 is 5.65. The highest BCUT2D eigenvalue weighted by atomic mass is 16.6. The molecule has 0 amide bonds. The molecule has 1 aliphatic carbocycles. The van der Waals surface area contributed by atoms with Crippen LogP contribution in [0.3, 0.4) is 0 Å². The summed E-state index contributed by atoms with van der Waals surface area (Å²) in [5.41, 5.74) is 1.63. The molecule has 1 aliphatic heterocycles. The number of benzene rings is 1. The zero-order valence-corrected chi connectivity index (χ0v) is 14.7. The zero-order valence-electron chi connectivity index (χ0n) is 14.7. The van der Waals surface area contributed by atoms with Crippen LogP contribution in [0.5, 0.6) is 0 Å². The van der Waals surface area contributed by atoms with Gasteiger partial charge in [-0.25, -0.2) is 4.79 Å². The summed E-state index contributed by atoms with van der Waals surface area (Å²) in [5.74, 6) is 0.526. The van der Waals surface area contributed by atoms with Gasteiger partial charge in [-0.1, -0.05) is 57.0 Å². The summed E-state index contributed by atoms with van der Waals surface area (Å²) >= 11 is 0. The number of unbranched alkanes of at least 4 members (excludes halogenated alkanes) is 1. The first-order chi connectivity index (χ1) is 11.7. The molecule has 3 heteroatoms. The molecule has 1 saturated carbocycles. The number of carbonyl (C=O) groups excluding carboxylic acids is 1. The Morgan fingerprint density at radius 2 is 1.92 bits per heavy atom. The molecule has 24 heavy (non-hydrogen) atoms. The van der Waals surface area contributed by atoms with Crippen molar-refractivity contribution in [3.8, 4) is 0 Å². The molecule has 1 aromatic carbocycles. The second-order valence-electron chi connectivity index (χ2n) is 7.16. The van der Waals surface area contributed by atoms with Gasteiger partial charge in [-0.3, -0.25) is 0 Å². The molecule has 130 valence electrons. The van der Waals surface area contributed by atoms with E-state index in [1.807, 2.05) is 18.2 Å². The lowest BCUT2D eigenvalue weighted by Crippen LogP contribution is -2.23. The van der Waals surface area contributed by atoms with Crippen molar-refractivity contribution in [2.75, 3.05) is 0 Å². The fourth-order valence-electron chi connectivity index (χ4n) is 3.90. The van der Waals surface area contributed by atoms with Gasteiger partial charge in [0, 0.05) is 11.8 Å². The van der Waals surface area contributed by atoms with Crippen molar-refractivity contribution in [3.05, 3.63) is 47.2 Å². The summed E-state index contributed by atoms with van der Waals surface area (Å²) in [6, 6.07) is 10.1. The van der Waals surface area contributed by atoms with Crippen LogP contribution in [0.1, 0.15) is 63.9 Å². The lowest BCUT2D eigenvalue weighted by atomic mass is 9.84. The Kier molecular flexibility index (Phi) is 5.27. The van der Waals surface area contributed by atoms with E-state index in [2.05, 4.69) is 26.0 Å². The Morgan fingerprint density at radius 3 is 2.50 bits per heavy atom. The number of carbonyl (C=O) groups is 1. The molecule has 3 unspecified atom stereocenters. The van der Waals surface area contributed by atoms with E-state index in [4.69, 9.17) is 4.74 Å². The van der Waals surface area contributed by atoms with Crippen LogP contribution in [0.4, 0.5) is 0 Å². The Morgan fingerprint density at radius 1 is 1.21 bits per heavy atom. The van der Waals surface area contributed by atoms with E-state index < -0.39 is 6.10 Å². The van der Waals surface area contributed by atoms with Crippen molar-refractivity contribution in [3.63, 3.8) is 0 Å². The normalized spacial score (nSPS) is 23.2. The predicted molar refractivity (Wildman–Crippen MR) is 94.7 cm³/mol. The van der Waals surface area contributed by atoms with Gasteiger partial charge in [0.15, 0.2) is 6.10 Å².